The fraction of sp³-hybridized carbons (Fsp3) is 0.421. The zero-order chi connectivity index (χ0) is 17.4. The molecule has 2 heterocycles. The number of nitrogens with zero attached hydrogens (tertiary/aromatic N) is 2. The van der Waals surface area contributed by atoms with E-state index in [0.717, 1.165) is 32.2 Å². The van der Waals surface area contributed by atoms with E-state index in [2.05, 4.69) is 5.32 Å². The monoisotopic (exact) mass is 339 g/mol. The van der Waals surface area contributed by atoms with Crippen LogP contribution in [-0.2, 0) is 14.4 Å². The summed E-state index contributed by atoms with van der Waals surface area (Å²) >= 11 is 0. The van der Waals surface area contributed by atoms with Gasteiger partial charge in [0.15, 0.2) is 0 Å². The number of benzene rings is 1. The summed E-state index contributed by atoms with van der Waals surface area (Å²) < 4.78 is 0. The van der Waals surface area contributed by atoms with Gasteiger partial charge in [-0.15, -0.1) is 0 Å². The number of rotatable bonds is 4. The lowest BCUT2D eigenvalue weighted by Gasteiger charge is -2.35. The Morgan fingerprint density at radius 2 is 1.84 bits per heavy atom. The molecular weight excluding hydrogens is 318 g/mol. The molecule has 130 valence electrons. The van der Waals surface area contributed by atoms with Gasteiger partial charge in [-0.1, -0.05) is 18.2 Å². The van der Waals surface area contributed by atoms with Gasteiger partial charge in [-0.2, -0.15) is 0 Å². The Kier molecular flexibility index (Phi) is 4.03. The molecule has 1 aliphatic carbocycles. The lowest BCUT2D eigenvalue weighted by Crippen LogP contribution is -2.49. The maximum absolute atomic E-state index is 12.8. The molecule has 0 spiro atoms. The minimum Gasteiger partial charge on any atom is -0.365 e. The van der Waals surface area contributed by atoms with Crippen LogP contribution in [0.25, 0.3) is 0 Å². The number of carbonyl (C=O) groups is 3. The van der Waals surface area contributed by atoms with Crippen LogP contribution < -0.4 is 10.2 Å². The van der Waals surface area contributed by atoms with Gasteiger partial charge in [0.1, 0.15) is 5.70 Å². The van der Waals surface area contributed by atoms with Crippen LogP contribution in [0.4, 0.5) is 5.69 Å². The van der Waals surface area contributed by atoms with Crippen molar-refractivity contribution in [2.75, 3.05) is 18.0 Å². The van der Waals surface area contributed by atoms with Crippen molar-refractivity contribution >= 4 is 23.4 Å². The number of piperidine rings is 1. The van der Waals surface area contributed by atoms with E-state index in [1.165, 1.54) is 11.0 Å². The SMILES string of the molecule is O=C(NC1CCCN(C2=CC(=O)N(c3ccccc3)C2=O)C1)C1CC1. The number of hydrogen-bond donors (Lipinski definition) is 1. The Hall–Kier alpha value is -2.63. The first-order valence-electron chi connectivity index (χ1n) is 8.84. The molecule has 25 heavy (non-hydrogen) atoms. The molecule has 1 unspecified atom stereocenters. The van der Waals surface area contributed by atoms with Gasteiger partial charge in [0.05, 0.1) is 5.69 Å². The normalized spacial score (nSPS) is 23.7. The molecule has 6 nitrogen and oxygen atoms in total. The topological polar surface area (TPSA) is 69.7 Å². The van der Waals surface area contributed by atoms with Crippen molar-refractivity contribution in [1.82, 2.24) is 10.2 Å². The molecule has 3 aliphatic rings. The Labute approximate surface area is 146 Å². The summed E-state index contributed by atoms with van der Waals surface area (Å²) in [5.74, 6) is -0.292. The molecule has 2 fully saturated rings. The summed E-state index contributed by atoms with van der Waals surface area (Å²) in [6.45, 7) is 1.30. The van der Waals surface area contributed by atoms with Gasteiger partial charge < -0.3 is 10.2 Å². The second-order valence-corrected chi connectivity index (χ2v) is 6.91. The highest BCUT2D eigenvalue weighted by Crippen LogP contribution is 2.30. The molecular formula is C19H21N3O3. The van der Waals surface area contributed by atoms with Crippen molar-refractivity contribution in [2.24, 2.45) is 5.92 Å². The second-order valence-electron chi connectivity index (χ2n) is 6.91. The molecule has 2 aliphatic heterocycles. The molecule has 1 saturated carbocycles. The molecule has 0 bridgehead atoms. The molecule has 1 aromatic carbocycles. The number of likely N-dealkylation sites (tertiary alicyclic amines) is 1. The van der Waals surface area contributed by atoms with Crippen LogP contribution in [0.3, 0.4) is 0 Å². The molecule has 3 amide bonds. The molecule has 0 aromatic heterocycles. The number of anilines is 1. The van der Waals surface area contributed by atoms with Crippen LogP contribution in [0.15, 0.2) is 42.1 Å². The van der Waals surface area contributed by atoms with Crippen LogP contribution in [0, 0.1) is 5.92 Å². The van der Waals surface area contributed by atoms with Crippen LogP contribution in [0.5, 0.6) is 0 Å². The number of para-hydroxylation sites is 1. The standard InChI is InChI=1S/C19H21N3O3/c23-17-11-16(19(25)22(17)15-6-2-1-3-7-15)21-10-4-5-14(12-21)20-18(24)13-8-9-13/h1-3,6-7,11,13-14H,4-5,8-10,12H2,(H,20,24). The Morgan fingerprint density at radius 3 is 2.56 bits per heavy atom. The van der Waals surface area contributed by atoms with Crippen molar-refractivity contribution in [3.8, 4) is 0 Å². The van der Waals surface area contributed by atoms with Gasteiger partial charge in [0.2, 0.25) is 5.91 Å². The fourth-order valence-electron chi connectivity index (χ4n) is 3.48. The minimum atomic E-state index is -0.310. The zero-order valence-electron chi connectivity index (χ0n) is 14.0. The number of carbonyl (C=O) groups excluding carboxylic acids is 3. The van der Waals surface area contributed by atoms with E-state index < -0.39 is 0 Å². The molecule has 6 heteroatoms. The first kappa shape index (κ1) is 15.9. The molecule has 4 rings (SSSR count). The molecule has 1 aromatic rings. The van der Waals surface area contributed by atoms with Crippen molar-refractivity contribution in [3.05, 3.63) is 42.1 Å². The Bertz CT molecular complexity index is 740. The average Bonchev–Trinajstić information content (AvgIpc) is 3.42. The summed E-state index contributed by atoms with van der Waals surface area (Å²) in [5, 5.41) is 3.09. The lowest BCUT2D eigenvalue weighted by atomic mass is 10.0. The van der Waals surface area contributed by atoms with E-state index >= 15 is 0 Å². The molecule has 1 N–H and O–H groups in total. The number of imide groups is 1. The van der Waals surface area contributed by atoms with E-state index in [1.807, 2.05) is 11.0 Å². The van der Waals surface area contributed by atoms with Gasteiger partial charge in [0.25, 0.3) is 11.8 Å². The summed E-state index contributed by atoms with van der Waals surface area (Å²) in [5.41, 5.74) is 1.01. The summed E-state index contributed by atoms with van der Waals surface area (Å²) in [6.07, 6.45) is 5.17. The van der Waals surface area contributed by atoms with E-state index in [1.54, 1.807) is 24.3 Å². The maximum Gasteiger partial charge on any atom is 0.281 e. The van der Waals surface area contributed by atoms with Crippen molar-refractivity contribution < 1.29 is 14.4 Å². The van der Waals surface area contributed by atoms with Gasteiger partial charge in [-0.3, -0.25) is 14.4 Å². The first-order valence-corrected chi connectivity index (χ1v) is 8.84. The Morgan fingerprint density at radius 1 is 1.08 bits per heavy atom. The third-order valence-electron chi connectivity index (χ3n) is 4.97. The number of hydrogen-bond acceptors (Lipinski definition) is 4. The van der Waals surface area contributed by atoms with Crippen molar-refractivity contribution in [2.45, 2.75) is 31.7 Å². The summed E-state index contributed by atoms with van der Waals surface area (Å²) in [7, 11) is 0. The predicted octanol–water partition coefficient (Wildman–Crippen LogP) is 1.43. The molecule has 0 radical (unpaired) electrons. The highest BCUT2D eigenvalue weighted by molar-refractivity contribution is 6.30. The van der Waals surface area contributed by atoms with Gasteiger partial charge >= 0.3 is 0 Å². The largest absolute Gasteiger partial charge is 0.365 e. The average molecular weight is 339 g/mol. The van der Waals surface area contributed by atoms with E-state index in [-0.39, 0.29) is 29.7 Å². The maximum atomic E-state index is 12.8. The van der Waals surface area contributed by atoms with Crippen LogP contribution >= 0.6 is 0 Å². The highest BCUT2D eigenvalue weighted by Gasteiger charge is 2.38. The lowest BCUT2D eigenvalue weighted by molar-refractivity contribution is -0.123. The van der Waals surface area contributed by atoms with Gasteiger partial charge in [-0.05, 0) is 37.8 Å². The number of amides is 3. The van der Waals surface area contributed by atoms with Crippen LogP contribution in [-0.4, -0.2) is 41.8 Å². The molecule has 1 saturated heterocycles. The van der Waals surface area contributed by atoms with Crippen molar-refractivity contribution in [1.29, 1.82) is 0 Å². The quantitative estimate of drug-likeness (QED) is 0.843. The van der Waals surface area contributed by atoms with Crippen LogP contribution in [0.2, 0.25) is 0 Å². The summed E-state index contributed by atoms with van der Waals surface area (Å²) in [4.78, 5) is 40.2. The summed E-state index contributed by atoms with van der Waals surface area (Å²) in [6, 6.07) is 9.00. The third-order valence-corrected chi connectivity index (χ3v) is 4.97. The van der Waals surface area contributed by atoms with E-state index in [4.69, 9.17) is 0 Å². The fourth-order valence-corrected chi connectivity index (χ4v) is 3.48. The molecule has 1 atom stereocenters. The van der Waals surface area contributed by atoms with E-state index in [9.17, 15) is 14.4 Å². The van der Waals surface area contributed by atoms with Crippen molar-refractivity contribution in [3.63, 3.8) is 0 Å². The third kappa shape index (κ3) is 3.16. The Balaban J connectivity index is 1.46. The number of nitrogens with one attached hydrogen (secondary N) is 1. The van der Waals surface area contributed by atoms with Crippen LogP contribution in [0.1, 0.15) is 25.7 Å². The zero-order valence-corrected chi connectivity index (χ0v) is 14.0. The second kappa shape index (κ2) is 6.35. The highest BCUT2D eigenvalue weighted by atomic mass is 16.2. The minimum absolute atomic E-state index is 0.0384. The smallest absolute Gasteiger partial charge is 0.281 e. The predicted molar refractivity (Wildman–Crippen MR) is 92.5 cm³/mol. The van der Waals surface area contributed by atoms with E-state index in [0.29, 0.717) is 17.9 Å². The van der Waals surface area contributed by atoms with Gasteiger partial charge in [0, 0.05) is 31.1 Å². The van der Waals surface area contributed by atoms with Gasteiger partial charge in [-0.25, -0.2) is 4.90 Å². The first-order chi connectivity index (χ1) is 12.1.